The molecular weight excluding hydrogens is 420 g/mol. The third-order valence-corrected chi connectivity index (χ3v) is 6.20. The lowest BCUT2D eigenvalue weighted by Crippen LogP contribution is -2.51. The number of imide groups is 1. The zero-order chi connectivity index (χ0) is 22.5. The second-order valence-electron chi connectivity index (χ2n) is 8.21. The zero-order valence-corrected chi connectivity index (χ0v) is 16.9. The van der Waals surface area contributed by atoms with Crippen molar-refractivity contribution < 1.29 is 23.2 Å². The maximum atomic E-state index is 13.5. The van der Waals surface area contributed by atoms with Crippen LogP contribution >= 0.6 is 0 Å². The largest absolute Gasteiger partial charge is 0.325 e. The quantitative estimate of drug-likeness (QED) is 0.498. The van der Waals surface area contributed by atoms with E-state index in [1.165, 1.54) is 0 Å². The topological polar surface area (TPSA) is 96.7 Å². The number of hydrogen-bond donors (Lipinski definition) is 1. The van der Waals surface area contributed by atoms with Gasteiger partial charge in [-0.05, 0) is 12.8 Å². The number of amides is 3. The first-order chi connectivity index (χ1) is 15.3. The maximum absolute atomic E-state index is 13.5. The van der Waals surface area contributed by atoms with E-state index >= 15 is 0 Å². The van der Waals surface area contributed by atoms with Gasteiger partial charge in [-0.15, -0.1) is 0 Å². The number of carbonyl (C=O) groups excluding carboxylic acids is 3. The Hall–Kier alpha value is -3.69. The minimum Gasteiger partial charge on any atom is -0.323 e. The molecule has 3 amide bonds. The van der Waals surface area contributed by atoms with Crippen LogP contribution in [0.25, 0.3) is 16.9 Å². The van der Waals surface area contributed by atoms with Crippen molar-refractivity contribution in [3.05, 3.63) is 54.6 Å². The number of nitrogens with one attached hydrogen (secondary N) is 1. The van der Waals surface area contributed by atoms with Crippen LogP contribution in [0.1, 0.15) is 36.0 Å². The number of hydrogen-bond acceptors (Lipinski definition) is 5. The van der Waals surface area contributed by atoms with Crippen molar-refractivity contribution >= 4 is 23.4 Å². The molecule has 164 valence electrons. The molecule has 32 heavy (non-hydrogen) atoms. The Kier molecular flexibility index (Phi) is 4.54. The molecule has 1 saturated carbocycles. The summed E-state index contributed by atoms with van der Waals surface area (Å²) in [5, 5.41) is 2.55. The third kappa shape index (κ3) is 3.31. The van der Waals surface area contributed by atoms with Gasteiger partial charge in [0.05, 0.1) is 24.6 Å². The Bertz CT molecular complexity index is 1230. The second kappa shape index (κ2) is 7.18. The van der Waals surface area contributed by atoms with E-state index in [9.17, 15) is 23.2 Å². The fourth-order valence-electron chi connectivity index (χ4n) is 4.32. The molecule has 8 nitrogen and oxygen atoms in total. The molecule has 10 heteroatoms. The van der Waals surface area contributed by atoms with Gasteiger partial charge in [0.2, 0.25) is 5.92 Å². The molecule has 2 aromatic heterocycles. The van der Waals surface area contributed by atoms with E-state index in [1.54, 1.807) is 49.1 Å². The summed E-state index contributed by atoms with van der Waals surface area (Å²) < 4.78 is 28.9. The standard InChI is InChI=1S/C22H19F2N5O3/c23-22(24)7-5-21(6-8-22)19(31)29(20(32)27-21)13-17(30)15-3-1-14(2-4-15)16-11-26-18-12-25-9-10-28(16)18/h1-4,9-12H,5-8,13H2,(H,27,32). The Morgan fingerprint density at radius 1 is 1.06 bits per heavy atom. The number of halogens is 2. The monoisotopic (exact) mass is 439 g/mol. The van der Waals surface area contributed by atoms with Crippen molar-refractivity contribution in [3.63, 3.8) is 0 Å². The fourth-order valence-corrected chi connectivity index (χ4v) is 4.32. The van der Waals surface area contributed by atoms with Gasteiger partial charge in [0.1, 0.15) is 5.54 Å². The zero-order valence-electron chi connectivity index (χ0n) is 16.9. The Labute approximate surface area is 181 Å². The molecule has 2 aliphatic rings. The molecule has 0 radical (unpaired) electrons. The van der Waals surface area contributed by atoms with Crippen LogP contribution < -0.4 is 5.32 Å². The highest BCUT2D eigenvalue weighted by atomic mass is 19.3. The predicted octanol–water partition coefficient (Wildman–Crippen LogP) is 3.08. The summed E-state index contributed by atoms with van der Waals surface area (Å²) in [4.78, 5) is 47.1. The van der Waals surface area contributed by atoms with Crippen LogP contribution in [0.4, 0.5) is 13.6 Å². The SMILES string of the molecule is O=C(CN1C(=O)NC2(CCC(F)(F)CC2)C1=O)c1ccc(-c2cnc3cnccn23)cc1. The van der Waals surface area contributed by atoms with Crippen LogP contribution in [0.3, 0.4) is 0 Å². The van der Waals surface area contributed by atoms with Crippen molar-refractivity contribution in [3.8, 4) is 11.3 Å². The molecule has 3 heterocycles. The fraction of sp³-hybridized carbons (Fsp3) is 0.318. The van der Waals surface area contributed by atoms with E-state index in [4.69, 9.17) is 0 Å². The normalized spacial score (nSPS) is 19.5. The summed E-state index contributed by atoms with van der Waals surface area (Å²) in [6, 6.07) is 6.03. The number of imidazole rings is 1. The number of nitrogens with zero attached hydrogens (tertiary/aromatic N) is 4. The molecule has 2 fully saturated rings. The molecular formula is C22H19F2N5O3. The van der Waals surface area contributed by atoms with Crippen molar-refractivity contribution in [1.29, 1.82) is 0 Å². The summed E-state index contributed by atoms with van der Waals surface area (Å²) in [7, 11) is 0. The number of alkyl halides is 2. The van der Waals surface area contributed by atoms with Crippen molar-refractivity contribution in [1.82, 2.24) is 24.6 Å². The first kappa shape index (κ1) is 20.2. The first-order valence-corrected chi connectivity index (χ1v) is 10.2. The molecule has 3 aromatic rings. The summed E-state index contributed by atoms with van der Waals surface area (Å²) in [6.07, 6.45) is 5.55. The summed E-state index contributed by atoms with van der Waals surface area (Å²) in [5.74, 6) is -3.86. The molecule has 1 aromatic carbocycles. The van der Waals surface area contributed by atoms with Crippen LogP contribution in [0.15, 0.2) is 49.1 Å². The van der Waals surface area contributed by atoms with Crippen LogP contribution in [0.5, 0.6) is 0 Å². The summed E-state index contributed by atoms with van der Waals surface area (Å²) in [5.41, 5.74) is 1.35. The average molecular weight is 439 g/mol. The van der Waals surface area contributed by atoms with E-state index in [0.717, 1.165) is 16.2 Å². The van der Waals surface area contributed by atoms with Gasteiger partial charge >= 0.3 is 6.03 Å². The minimum atomic E-state index is -2.83. The van der Waals surface area contributed by atoms with Crippen molar-refractivity contribution in [2.75, 3.05) is 6.54 Å². The van der Waals surface area contributed by atoms with Gasteiger partial charge in [0.15, 0.2) is 11.4 Å². The second-order valence-corrected chi connectivity index (χ2v) is 8.21. The van der Waals surface area contributed by atoms with Crippen LogP contribution in [0.2, 0.25) is 0 Å². The number of aromatic nitrogens is 3. The lowest BCUT2D eigenvalue weighted by Gasteiger charge is -2.34. The molecule has 0 atom stereocenters. The first-order valence-electron chi connectivity index (χ1n) is 10.2. The average Bonchev–Trinajstić information content (AvgIpc) is 3.31. The van der Waals surface area contributed by atoms with Gasteiger partial charge in [-0.1, -0.05) is 24.3 Å². The maximum Gasteiger partial charge on any atom is 0.325 e. The van der Waals surface area contributed by atoms with Gasteiger partial charge in [-0.3, -0.25) is 23.9 Å². The molecule has 1 spiro atoms. The van der Waals surface area contributed by atoms with Crippen LogP contribution in [0, 0.1) is 0 Å². The number of urea groups is 1. The highest BCUT2D eigenvalue weighted by Gasteiger charge is 2.55. The number of benzene rings is 1. The van der Waals surface area contributed by atoms with E-state index in [2.05, 4.69) is 15.3 Å². The third-order valence-electron chi connectivity index (χ3n) is 6.20. The molecule has 0 unspecified atom stereocenters. The molecule has 1 aliphatic heterocycles. The highest BCUT2D eigenvalue weighted by molar-refractivity contribution is 6.11. The molecule has 1 N–H and O–H groups in total. The lowest BCUT2D eigenvalue weighted by atomic mass is 9.80. The van der Waals surface area contributed by atoms with Crippen LogP contribution in [-0.2, 0) is 4.79 Å². The molecule has 1 saturated heterocycles. The van der Waals surface area contributed by atoms with E-state index in [0.29, 0.717) is 11.2 Å². The van der Waals surface area contributed by atoms with Gasteiger partial charge in [0.25, 0.3) is 5.91 Å². The van der Waals surface area contributed by atoms with E-state index < -0.39 is 48.6 Å². The Morgan fingerprint density at radius 2 is 1.78 bits per heavy atom. The van der Waals surface area contributed by atoms with Gasteiger partial charge in [-0.2, -0.15) is 0 Å². The number of Topliss-reactive ketones (excluding diaryl/α,β-unsaturated/α-hetero) is 1. The number of carbonyl (C=O) groups is 3. The van der Waals surface area contributed by atoms with Crippen molar-refractivity contribution in [2.24, 2.45) is 0 Å². The van der Waals surface area contributed by atoms with Crippen molar-refractivity contribution in [2.45, 2.75) is 37.1 Å². The highest BCUT2D eigenvalue weighted by Crippen LogP contribution is 2.41. The van der Waals surface area contributed by atoms with Crippen LogP contribution in [-0.4, -0.2) is 55.0 Å². The Morgan fingerprint density at radius 3 is 2.50 bits per heavy atom. The molecule has 1 aliphatic carbocycles. The van der Waals surface area contributed by atoms with E-state index in [1.807, 2.05) is 4.40 Å². The number of fused-ring (bicyclic) bond motifs is 1. The van der Waals surface area contributed by atoms with Gasteiger partial charge in [-0.25, -0.2) is 18.6 Å². The number of rotatable bonds is 4. The van der Waals surface area contributed by atoms with Gasteiger partial charge in [0, 0.05) is 36.4 Å². The van der Waals surface area contributed by atoms with Gasteiger partial charge < -0.3 is 5.32 Å². The van der Waals surface area contributed by atoms with E-state index in [-0.39, 0.29) is 12.8 Å². The minimum absolute atomic E-state index is 0.140. The predicted molar refractivity (Wildman–Crippen MR) is 109 cm³/mol. The Balaban J connectivity index is 1.31. The summed E-state index contributed by atoms with van der Waals surface area (Å²) >= 11 is 0. The molecule has 0 bridgehead atoms. The summed E-state index contributed by atoms with van der Waals surface area (Å²) in [6.45, 7) is -0.441. The smallest absolute Gasteiger partial charge is 0.323 e. The molecule has 5 rings (SSSR count). The number of ketones is 1. The lowest BCUT2D eigenvalue weighted by molar-refractivity contribution is -0.135.